The van der Waals surface area contributed by atoms with Crippen LogP contribution < -0.4 is 9.47 Å². The second-order valence-corrected chi connectivity index (χ2v) is 9.04. The van der Waals surface area contributed by atoms with Gasteiger partial charge in [0.15, 0.2) is 11.5 Å². The van der Waals surface area contributed by atoms with E-state index in [0.29, 0.717) is 36.8 Å². The molecule has 1 atom stereocenters. The SMILES string of the molecule is O=C(c1cn[nH]c1-c1ccc2c(c1)OCCO2)N1CCCC(c2nnc3n2CCCCC3)C1. The largest absolute Gasteiger partial charge is 0.486 e. The molecule has 172 valence electrons. The number of aromatic nitrogens is 5. The third kappa shape index (κ3) is 3.75. The number of nitrogens with one attached hydrogen (secondary N) is 1. The maximum atomic E-state index is 13.6. The summed E-state index contributed by atoms with van der Waals surface area (Å²) >= 11 is 0. The number of piperidine rings is 1. The van der Waals surface area contributed by atoms with Crippen LogP contribution >= 0.6 is 0 Å². The number of carbonyl (C=O) groups excluding carboxylic acids is 1. The molecule has 9 nitrogen and oxygen atoms in total. The molecule has 0 radical (unpaired) electrons. The number of likely N-dealkylation sites (tertiary alicyclic amines) is 1. The molecule has 1 fully saturated rings. The van der Waals surface area contributed by atoms with Crippen LogP contribution in [0.5, 0.6) is 11.5 Å². The zero-order valence-electron chi connectivity index (χ0n) is 18.6. The molecular weight excluding hydrogens is 420 g/mol. The molecule has 3 aliphatic rings. The number of hydrogen-bond acceptors (Lipinski definition) is 6. The highest BCUT2D eigenvalue weighted by atomic mass is 16.6. The number of aromatic amines is 1. The molecule has 1 N–H and O–H groups in total. The standard InChI is InChI=1S/C24H28N6O3/c31-24(18-14-25-27-22(18)16-7-8-19-20(13-16)33-12-11-32-19)29-9-4-5-17(15-29)23-28-26-21-6-2-1-3-10-30(21)23/h7-8,13-14,17H,1-6,9-12,15H2,(H,25,27). The van der Waals surface area contributed by atoms with Crippen molar-refractivity contribution in [3.63, 3.8) is 0 Å². The van der Waals surface area contributed by atoms with Crippen molar-refractivity contribution in [3.8, 4) is 22.8 Å². The van der Waals surface area contributed by atoms with Crippen molar-refractivity contribution in [3.05, 3.63) is 41.6 Å². The summed E-state index contributed by atoms with van der Waals surface area (Å²) in [6.45, 7) is 3.45. The first-order valence-electron chi connectivity index (χ1n) is 11.9. The van der Waals surface area contributed by atoms with E-state index < -0.39 is 0 Å². The van der Waals surface area contributed by atoms with Crippen molar-refractivity contribution in [2.75, 3.05) is 26.3 Å². The van der Waals surface area contributed by atoms with Gasteiger partial charge in [0, 0.05) is 37.5 Å². The van der Waals surface area contributed by atoms with Crippen LogP contribution in [0.4, 0.5) is 0 Å². The van der Waals surface area contributed by atoms with Crippen LogP contribution in [0, 0.1) is 0 Å². The van der Waals surface area contributed by atoms with Crippen molar-refractivity contribution in [1.82, 2.24) is 29.9 Å². The number of H-pyrrole nitrogens is 1. The molecule has 1 amide bonds. The van der Waals surface area contributed by atoms with E-state index in [1.807, 2.05) is 23.1 Å². The third-order valence-electron chi connectivity index (χ3n) is 6.91. The Morgan fingerprint density at radius 2 is 1.94 bits per heavy atom. The van der Waals surface area contributed by atoms with Crippen LogP contribution in [0.25, 0.3) is 11.3 Å². The maximum Gasteiger partial charge on any atom is 0.257 e. The van der Waals surface area contributed by atoms with Gasteiger partial charge < -0.3 is 18.9 Å². The topological polar surface area (TPSA) is 98.2 Å². The molecule has 33 heavy (non-hydrogen) atoms. The van der Waals surface area contributed by atoms with E-state index in [4.69, 9.17) is 9.47 Å². The average molecular weight is 449 g/mol. The number of carbonyl (C=O) groups is 1. The fraction of sp³-hybridized carbons (Fsp3) is 0.500. The first-order chi connectivity index (χ1) is 16.3. The fourth-order valence-corrected chi connectivity index (χ4v) is 5.22. The van der Waals surface area contributed by atoms with Gasteiger partial charge >= 0.3 is 0 Å². The molecule has 0 aliphatic carbocycles. The van der Waals surface area contributed by atoms with Crippen molar-refractivity contribution in [1.29, 1.82) is 0 Å². The maximum absolute atomic E-state index is 13.6. The Balaban J connectivity index is 1.24. The van der Waals surface area contributed by atoms with E-state index in [1.165, 1.54) is 19.3 Å². The second-order valence-electron chi connectivity index (χ2n) is 9.04. The Morgan fingerprint density at radius 1 is 1.03 bits per heavy atom. The molecule has 3 aliphatic heterocycles. The van der Waals surface area contributed by atoms with Gasteiger partial charge in [0.2, 0.25) is 0 Å². The average Bonchev–Trinajstić information content (AvgIpc) is 3.45. The van der Waals surface area contributed by atoms with Gasteiger partial charge in [-0.1, -0.05) is 6.42 Å². The van der Waals surface area contributed by atoms with Crippen LogP contribution in [-0.2, 0) is 13.0 Å². The lowest BCUT2D eigenvalue weighted by molar-refractivity contribution is 0.0704. The molecule has 1 aromatic carbocycles. The Labute approximate surface area is 192 Å². The Kier molecular flexibility index (Phi) is 5.24. The molecule has 2 aromatic heterocycles. The van der Waals surface area contributed by atoms with Gasteiger partial charge in [0.25, 0.3) is 5.91 Å². The second kappa shape index (κ2) is 8.53. The van der Waals surface area contributed by atoms with Gasteiger partial charge in [-0.05, 0) is 43.9 Å². The van der Waals surface area contributed by atoms with Gasteiger partial charge in [0.05, 0.1) is 17.5 Å². The molecule has 0 saturated carbocycles. The Morgan fingerprint density at radius 3 is 2.88 bits per heavy atom. The lowest BCUT2D eigenvalue weighted by Gasteiger charge is -2.32. The summed E-state index contributed by atoms with van der Waals surface area (Å²) in [4.78, 5) is 15.5. The van der Waals surface area contributed by atoms with E-state index >= 15 is 0 Å². The fourth-order valence-electron chi connectivity index (χ4n) is 5.22. The molecule has 6 rings (SSSR count). The highest BCUT2D eigenvalue weighted by molar-refractivity contribution is 6.00. The lowest BCUT2D eigenvalue weighted by atomic mass is 9.96. The number of benzene rings is 1. The first-order valence-corrected chi connectivity index (χ1v) is 11.9. The molecule has 0 bridgehead atoms. The summed E-state index contributed by atoms with van der Waals surface area (Å²) < 4.78 is 13.7. The quantitative estimate of drug-likeness (QED) is 0.661. The Bertz CT molecular complexity index is 1170. The van der Waals surface area contributed by atoms with Gasteiger partial charge in [-0.2, -0.15) is 5.10 Å². The lowest BCUT2D eigenvalue weighted by Crippen LogP contribution is -2.40. The van der Waals surface area contributed by atoms with E-state index in [2.05, 4.69) is 25.0 Å². The normalized spacial score (nSPS) is 20.2. The van der Waals surface area contributed by atoms with E-state index in [0.717, 1.165) is 55.3 Å². The van der Waals surface area contributed by atoms with Crippen LogP contribution in [0.2, 0.25) is 0 Å². The Hall–Kier alpha value is -3.36. The van der Waals surface area contributed by atoms with E-state index in [1.54, 1.807) is 6.20 Å². The monoisotopic (exact) mass is 448 g/mol. The first kappa shape index (κ1) is 20.3. The number of amides is 1. The van der Waals surface area contributed by atoms with Gasteiger partial charge in [-0.25, -0.2) is 0 Å². The predicted octanol–water partition coefficient (Wildman–Crippen LogP) is 3.19. The van der Waals surface area contributed by atoms with Crippen molar-refractivity contribution >= 4 is 5.91 Å². The number of hydrogen-bond donors (Lipinski definition) is 1. The minimum absolute atomic E-state index is 0.00561. The molecule has 5 heterocycles. The zero-order valence-corrected chi connectivity index (χ0v) is 18.6. The summed E-state index contributed by atoms with van der Waals surface area (Å²) in [7, 11) is 0. The summed E-state index contributed by atoms with van der Waals surface area (Å²) in [6.07, 6.45) is 8.19. The summed E-state index contributed by atoms with van der Waals surface area (Å²) in [6, 6.07) is 5.72. The number of aryl methyl sites for hydroxylation is 1. The summed E-state index contributed by atoms with van der Waals surface area (Å²) in [5.74, 6) is 3.77. The van der Waals surface area contributed by atoms with Crippen molar-refractivity contribution in [2.45, 2.75) is 51.0 Å². The molecule has 1 saturated heterocycles. The number of nitrogens with zero attached hydrogens (tertiary/aromatic N) is 5. The number of ether oxygens (including phenoxy) is 2. The van der Waals surface area contributed by atoms with Crippen LogP contribution in [-0.4, -0.2) is 62.1 Å². The number of rotatable bonds is 3. The van der Waals surface area contributed by atoms with Gasteiger partial charge in [0.1, 0.15) is 24.9 Å². The van der Waals surface area contributed by atoms with E-state index in [9.17, 15) is 4.79 Å². The number of fused-ring (bicyclic) bond motifs is 2. The molecule has 1 unspecified atom stereocenters. The molecular formula is C24H28N6O3. The summed E-state index contributed by atoms with van der Waals surface area (Å²) in [5.41, 5.74) is 2.14. The predicted molar refractivity (Wildman–Crippen MR) is 120 cm³/mol. The third-order valence-corrected chi connectivity index (χ3v) is 6.91. The molecule has 9 heteroatoms. The zero-order chi connectivity index (χ0) is 22.2. The summed E-state index contributed by atoms with van der Waals surface area (Å²) in [5, 5.41) is 16.2. The highest BCUT2D eigenvalue weighted by Crippen LogP contribution is 2.36. The van der Waals surface area contributed by atoms with Crippen LogP contribution in [0.15, 0.2) is 24.4 Å². The molecule has 3 aromatic rings. The van der Waals surface area contributed by atoms with E-state index in [-0.39, 0.29) is 11.8 Å². The van der Waals surface area contributed by atoms with Crippen LogP contribution in [0.1, 0.15) is 60.0 Å². The van der Waals surface area contributed by atoms with Crippen molar-refractivity contribution < 1.29 is 14.3 Å². The minimum atomic E-state index is -0.00561. The van der Waals surface area contributed by atoms with Crippen molar-refractivity contribution in [2.24, 2.45) is 0 Å². The minimum Gasteiger partial charge on any atom is -0.486 e. The van der Waals surface area contributed by atoms with Crippen LogP contribution in [0.3, 0.4) is 0 Å². The highest BCUT2D eigenvalue weighted by Gasteiger charge is 2.31. The van der Waals surface area contributed by atoms with Gasteiger partial charge in [-0.3, -0.25) is 9.89 Å². The smallest absolute Gasteiger partial charge is 0.257 e. The van der Waals surface area contributed by atoms with Gasteiger partial charge in [-0.15, -0.1) is 10.2 Å². The molecule has 0 spiro atoms.